The normalized spacial score (nSPS) is 13.6. The Morgan fingerprint density at radius 3 is 2.18 bits per heavy atom. The first-order valence-corrected chi connectivity index (χ1v) is 6.26. The van der Waals surface area contributed by atoms with E-state index in [0.717, 1.165) is 17.3 Å². The maximum absolute atomic E-state index is 6.22. The van der Waals surface area contributed by atoms with E-state index in [4.69, 9.17) is 15.5 Å². The molecule has 0 aliphatic carbocycles. The molecule has 4 heteroatoms. The van der Waals surface area contributed by atoms with Gasteiger partial charge in [-0.15, -0.1) is 0 Å². The number of aromatic nitrogens is 2. The van der Waals surface area contributed by atoms with Crippen molar-refractivity contribution in [3.8, 4) is 0 Å². The molecule has 0 radical (unpaired) electrons. The number of methoxy groups -OCH3 is 1. The first-order chi connectivity index (χ1) is 7.90. The summed E-state index contributed by atoms with van der Waals surface area (Å²) in [4.78, 5) is 4.71. The Morgan fingerprint density at radius 1 is 1.24 bits per heavy atom. The van der Waals surface area contributed by atoms with Gasteiger partial charge in [-0.05, 0) is 13.8 Å². The lowest BCUT2D eigenvalue weighted by Crippen LogP contribution is -2.11. The quantitative estimate of drug-likeness (QED) is 0.859. The molecule has 0 fully saturated rings. The van der Waals surface area contributed by atoms with Crippen LogP contribution in [0.3, 0.4) is 0 Å². The summed E-state index contributed by atoms with van der Waals surface area (Å²) in [6.07, 6.45) is 0. The lowest BCUT2D eigenvalue weighted by Gasteiger charge is -2.15. The zero-order chi connectivity index (χ0) is 13.2. The number of anilines is 1. The number of nitrogens with zero attached hydrogens (tertiary/aromatic N) is 2. The van der Waals surface area contributed by atoms with Crippen molar-refractivity contribution in [1.29, 1.82) is 0 Å². The minimum atomic E-state index is 0.234. The molecule has 17 heavy (non-hydrogen) atoms. The number of imidazole rings is 1. The molecule has 0 amide bonds. The molecule has 0 spiro atoms. The van der Waals surface area contributed by atoms with E-state index in [9.17, 15) is 0 Å². The molecule has 98 valence electrons. The molecular formula is C13H25N3O. The van der Waals surface area contributed by atoms with Gasteiger partial charge in [0.1, 0.15) is 11.6 Å². The second-order valence-corrected chi connectivity index (χ2v) is 5.22. The number of nitrogen functional groups attached to an aromatic ring is 1. The van der Waals surface area contributed by atoms with E-state index >= 15 is 0 Å². The van der Waals surface area contributed by atoms with E-state index in [0.29, 0.717) is 18.6 Å². The van der Waals surface area contributed by atoms with E-state index in [1.807, 2.05) is 0 Å². The summed E-state index contributed by atoms with van der Waals surface area (Å²) in [6.45, 7) is 11.3. The second kappa shape index (κ2) is 5.54. The lowest BCUT2D eigenvalue weighted by atomic mass is 10.1. The molecule has 1 heterocycles. The van der Waals surface area contributed by atoms with Crippen LogP contribution in [-0.4, -0.2) is 23.3 Å². The lowest BCUT2D eigenvalue weighted by molar-refractivity contribution is 0.183. The Kier molecular flexibility index (Phi) is 4.57. The van der Waals surface area contributed by atoms with E-state index in [1.54, 1.807) is 7.11 Å². The number of nitrogens with two attached hydrogens (primary N) is 1. The predicted molar refractivity (Wildman–Crippen MR) is 71.4 cm³/mol. The maximum Gasteiger partial charge on any atom is 0.127 e. The molecule has 0 saturated carbocycles. The number of hydrogen-bond acceptors (Lipinski definition) is 3. The van der Waals surface area contributed by atoms with Crippen molar-refractivity contribution in [3.63, 3.8) is 0 Å². The Hall–Kier alpha value is -1.03. The Balaban J connectivity index is 3.21. The number of ether oxygens (including phenoxy) is 1. The van der Waals surface area contributed by atoms with Gasteiger partial charge < -0.3 is 15.0 Å². The average Bonchev–Trinajstić information content (AvgIpc) is 2.56. The topological polar surface area (TPSA) is 53.1 Å². The largest absolute Gasteiger partial charge is 0.384 e. The standard InChI is InChI=1S/C13H25N3O/c1-8(2)13-15-11(10(5)7-17-6)12(14)16(13)9(3)4/h8-10H,7,14H2,1-6H3. The van der Waals surface area contributed by atoms with E-state index in [1.165, 1.54) is 0 Å². The summed E-state index contributed by atoms with van der Waals surface area (Å²) in [6, 6.07) is 0.336. The van der Waals surface area contributed by atoms with Crippen LogP contribution in [0, 0.1) is 0 Å². The van der Waals surface area contributed by atoms with E-state index in [2.05, 4.69) is 39.2 Å². The Bertz CT molecular complexity index is 369. The fourth-order valence-corrected chi connectivity index (χ4v) is 2.12. The predicted octanol–water partition coefficient (Wildman–Crippen LogP) is 2.92. The van der Waals surface area contributed by atoms with Gasteiger partial charge in [0.05, 0.1) is 12.3 Å². The zero-order valence-electron chi connectivity index (χ0n) is 11.8. The van der Waals surface area contributed by atoms with Gasteiger partial charge in [0.2, 0.25) is 0 Å². The van der Waals surface area contributed by atoms with Gasteiger partial charge in [-0.25, -0.2) is 4.98 Å². The second-order valence-electron chi connectivity index (χ2n) is 5.22. The van der Waals surface area contributed by atoms with Crippen molar-refractivity contribution in [1.82, 2.24) is 9.55 Å². The number of rotatable bonds is 5. The van der Waals surface area contributed by atoms with E-state index < -0.39 is 0 Å². The van der Waals surface area contributed by atoms with Crippen LogP contribution >= 0.6 is 0 Å². The molecule has 1 aromatic rings. The van der Waals surface area contributed by atoms with Crippen molar-refractivity contribution in [2.75, 3.05) is 19.5 Å². The van der Waals surface area contributed by atoms with E-state index in [-0.39, 0.29) is 5.92 Å². The van der Waals surface area contributed by atoms with Crippen LogP contribution in [0.5, 0.6) is 0 Å². The van der Waals surface area contributed by atoms with Gasteiger partial charge >= 0.3 is 0 Å². The summed E-state index contributed by atoms with van der Waals surface area (Å²) in [7, 11) is 1.70. The van der Waals surface area contributed by atoms with Crippen LogP contribution in [0.25, 0.3) is 0 Å². The van der Waals surface area contributed by atoms with Gasteiger partial charge in [-0.3, -0.25) is 0 Å². The molecule has 0 saturated heterocycles. The fraction of sp³-hybridized carbons (Fsp3) is 0.769. The third-order valence-corrected chi connectivity index (χ3v) is 2.92. The third-order valence-electron chi connectivity index (χ3n) is 2.92. The van der Waals surface area contributed by atoms with Crippen molar-refractivity contribution in [3.05, 3.63) is 11.5 Å². The Morgan fingerprint density at radius 2 is 1.82 bits per heavy atom. The summed E-state index contributed by atoms with van der Waals surface area (Å²) < 4.78 is 7.31. The first kappa shape index (κ1) is 14.0. The van der Waals surface area contributed by atoms with Crippen LogP contribution < -0.4 is 5.73 Å². The average molecular weight is 239 g/mol. The molecular weight excluding hydrogens is 214 g/mol. The highest BCUT2D eigenvalue weighted by Crippen LogP contribution is 2.29. The van der Waals surface area contributed by atoms with Gasteiger partial charge in [0.25, 0.3) is 0 Å². The van der Waals surface area contributed by atoms with Crippen LogP contribution in [0.2, 0.25) is 0 Å². The molecule has 1 rings (SSSR count). The smallest absolute Gasteiger partial charge is 0.127 e. The van der Waals surface area contributed by atoms with Crippen molar-refractivity contribution < 1.29 is 4.74 Å². The SMILES string of the molecule is COCC(C)c1nc(C(C)C)n(C(C)C)c1N. The molecule has 1 aromatic heterocycles. The molecule has 2 N–H and O–H groups in total. The van der Waals surface area contributed by atoms with Crippen LogP contribution in [-0.2, 0) is 4.74 Å². The molecule has 1 unspecified atom stereocenters. The van der Waals surface area contributed by atoms with Gasteiger partial charge in [-0.1, -0.05) is 20.8 Å². The van der Waals surface area contributed by atoms with Crippen LogP contribution in [0.15, 0.2) is 0 Å². The first-order valence-electron chi connectivity index (χ1n) is 6.26. The summed E-state index contributed by atoms with van der Waals surface area (Å²) in [5.41, 5.74) is 7.18. The minimum Gasteiger partial charge on any atom is -0.384 e. The molecule has 1 atom stereocenters. The zero-order valence-corrected chi connectivity index (χ0v) is 11.8. The molecule has 0 aliphatic heterocycles. The Labute approximate surface area is 104 Å². The third kappa shape index (κ3) is 2.80. The van der Waals surface area contributed by atoms with Crippen molar-refractivity contribution in [2.24, 2.45) is 0 Å². The summed E-state index contributed by atoms with van der Waals surface area (Å²) >= 11 is 0. The molecule has 0 bridgehead atoms. The molecule has 0 aromatic carbocycles. The molecule has 0 aliphatic rings. The highest BCUT2D eigenvalue weighted by atomic mass is 16.5. The van der Waals surface area contributed by atoms with Gasteiger partial charge in [0.15, 0.2) is 0 Å². The highest BCUT2D eigenvalue weighted by Gasteiger charge is 2.22. The molecule has 4 nitrogen and oxygen atoms in total. The van der Waals surface area contributed by atoms with Crippen LogP contribution in [0.1, 0.15) is 64.0 Å². The van der Waals surface area contributed by atoms with Crippen molar-refractivity contribution >= 4 is 5.82 Å². The highest BCUT2D eigenvalue weighted by molar-refractivity contribution is 5.41. The van der Waals surface area contributed by atoms with Crippen molar-refractivity contribution in [2.45, 2.75) is 52.5 Å². The van der Waals surface area contributed by atoms with Gasteiger partial charge in [-0.2, -0.15) is 0 Å². The fourth-order valence-electron chi connectivity index (χ4n) is 2.12. The monoisotopic (exact) mass is 239 g/mol. The summed E-state index contributed by atoms with van der Waals surface area (Å²) in [5.74, 6) is 2.46. The van der Waals surface area contributed by atoms with Crippen LogP contribution in [0.4, 0.5) is 5.82 Å². The minimum absolute atomic E-state index is 0.234. The summed E-state index contributed by atoms with van der Waals surface area (Å²) in [5, 5.41) is 0. The number of hydrogen-bond donors (Lipinski definition) is 1. The van der Waals surface area contributed by atoms with Gasteiger partial charge in [0, 0.05) is 25.0 Å². The maximum atomic E-state index is 6.22.